The van der Waals surface area contributed by atoms with Gasteiger partial charge >= 0.3 is 0 Å². The van der Waals surface area contributed by atoms with Crippen LogP contribution in [0.2, 0.25) is 10.0 Å². The SMILES string of the molecule is O=C(N/N=C/c1cc(Br)c(OCc2ccccc2)c(Br)c1)c1ccccc1OCc1ccc(Cl)cc1Cl. The van der Waals surface area contributed by atoms with E-state index in [4.69, 9.17) is 32.7 Å². The highest BCUT2D eigenvalue weighted by Crippen LogP contribution is 2.35. The number of hydrogen-bond donors (Lipinski definition) is 1. The van der Waals surface area contributed by atoms with Gasteiger partial charge in [-0.1, -0.05) is 71.7 Å². The van der Waals surface area contributed by atoms with Crippen molar-refractivity contribution < 1.29 is 14.3 Å². The average molecular weight is 663 g/mol. The minimum Gasteiger partial charge on any atom is -0.488 e. The van der Waals surface area contributed by atoms with Crippen molar-refractivity contribution in [2.24, 2.45) is 5.10 Å². The van der Waals surface area contributed by atoms with Crippen molar-refractivity contribution in [2.75, 3.05) is 0 Å². The lowest BCUT2D eigenvalue weighted by atomic mass is 10.2. The second kappa shape index (κ2) is 13.1. The molecule has 0 atom stereocenters. The van der Waals surface area contributed by atoms with Gasteiger partial charge in [0, 0.05) is 15.6 Å². The molecule has 0 fully saturated rings. The van der Waals surface area contributed by atoms with Crippen LogP contribution in [0.25, 0.3) is 0 Å². The number of amides is 1. The highest BCUT2D eigenvalue weighted by molar-refractivity contribution is 9.11. The van der Waals surface area contributed by atoms with E-state index in [2.05, 4.69) is 42.4 Å². The summed E-state index contributed by atoms with van der Waals surface area (Å²) in [5, 5.41) is 5.14. The van der Waals surface area contributed by atoms with Gasteiger partial charge in [0.15, 0.2) is 0 Å². The van der Waals surface area contributed by atoms with Gasteiger partial charge in [-0.3, -0.25) is 4.79 Å². The van der Waals surface area contributed by atoms with Gasteiger partial charge in [0.05, 0.1) is 20.7 Å². The molecule has 0 bridgehead atoms. The minimum atomic E-state index is -0.407. The third-order valence-corrected chi connectivity index (χ3v) is 6.92. The number of nitrogens with one attached hydrogen (secondary N) is 1. The van der Waals surface area contributed by atoms with E-state index < -0.39 is 5.91 Å². The van der Waals surface area contributed by atoms with Crippen molar-refractivity contribution >= 4 is 67.2 Å². The first kappa shape index (κ1) is 27.2. The molecule has 9 heteroatoms. The Morgan fingerprint density at radius 1 is 0.865 bits per heavy atom. The molecule has 0 aromatic heterocycles. The van der Waals surface area contributed by atoms with E-state index in [1.165, 1.54) is 0 Å². The zero-order valence-electron chi connectivity index (χ0n) is 19.3. The van der Waals surface area contributed by atoms with Crippen molar-refractivity contribution in [2.45, 2.75) is 13.2 Å². The highest BCUT2D eigenvalue weighted by Gasteiger charge is 2.13. The fraction of sp³-hybridized carbons (Fsp3) is 0.0714. The summed E-state index contributed by atoms with van der Waals surface area (Å²) < 4.78 is 13.3. The lowest BCUT2D eigenvalue weighted by molar-refractivity contribution is 0.0950. The molecule has 37 heavy (non-hydrogen) atoms. The van der Waals surface area contributed by atoms with Crippen LogP contribution in [0.5, 0.6) is 11.5 Å². The summed E-state index contributed by atoms with van der Waals surface area (Å²) in [6.45, 7) is 0.623. The number of ether oxygens (including phenoxy) is 2. The molecule has 0 spiro atoms. The number of rotatable bonds is 9. The Kier molecular flexibility index (Phi) is 9.63. The second-order valence-corrected chi connectivity index (χ2v) is 10.4. The molecule has 1 amide bonds. The average Bonchev–Trinajstić information content (AvgIpc) is 2.88. The summed E-state index contributed by atoms with van der Waals surface area (Å²) in [6, 6.07) is 25.7. The number of carbonyl (C=O) groups excluding carboxylic acids is 1. The molecule has 5 nitrogen and oxygen atoms in total. The Bertz CT molecular complexity index is 1410. The quantitative estimate of drug-likeness (QED) is 0.145. The first-order valence-corrected chi connectivity index (χ1v) is 13.4. The molecule has 0 heterocycles. The first-order valence-electron chi connectivity index (χ1n) is 11.1. The summed E-state index contributed by atoms with van der Waals surface area (Å²) in [6.07, 6.45) is 1.55. The van der Waals surface area contributed by atoms with Gasteiger partial charge in [-0.05, 0) is 79.4 Å². The molecule has 0 saturated carbocycles. The summed E-state index contributed by atoms with van der Waals surface area (Å²) in [7, 11) is 0. The molecule has 0 aliphatic rings. The molecule has 4 aromatic rings. The van der Waals surface area contributed by atoms with Gasteiger partial charge in [0.1, 0.15) is 24.7 Å². The maximum absolute atomic E-state index is 12.8. The molecule has 0 unspecified atom stereocenters. The maximum atomic E-state index is 12.8. The van der Waals surface area contributed by atoms with Crippen LogP contribution in [0.3, 0.4) is 0 Å². The van der Waals surface area contributed by atoms with Crippen molar-refractivity contribution in [3.63, 3.8) is 0 Å². The molecule has 188 valence electrons. The lowest BCUT2D eigenvalue weighted by Gasteiger charge is -2.12. The number of benzene rings is 4. The van der Waals surface area contributed by atoms with Crippen LogP contribution >= 0.6 is 55.1 Å². The van der Waals surface area contributed by atoms with Gasteiger partial charge in [-0.15, -0.1) is 0 Å². The van der Waals surface area contributed by atoms with Crippen LogP contribution in [0.1, 0.15) is 27.0 Å². The Morgan fingerprint density at radius 2 is 1.57 bits per heavy atom. The largest absolute Gasteiger partial charge is 0.488 e. The van der Waals surface area contributed by atoms with E-state index in [1.54, 1.807) is 48.7 Å². The summed E-state index contributed by atoms with van der Waals surface area (Å²) in [5.41, 5.74) is 5.47. The van der Waals surface area contributed by atoms with E-state index in [-0.39, 0.29) is 6.61 Å². The van der Waals surface area contributed by atoms with Crippen molar-refractivity contribution in [3.8, 4) is 11.5 Å². The fourth-order valence-corrected chi connectivity index (χ4v) is 5.24. The molecule has 0 aliphatic carbocycles. The second-order valence-electron chi connectivity index (χ2n) is 7.81. The van der Waals surface area contributed by atoms with Crippen molar-refractivity contribution in [3.05, 3.63) is 126 Å². The number of carbonyl (C=O) groups is 1. The van der Waals surface area contributed by atoms with E-state index in [0.29, 0.717) is 33.7 Å². The normalized spacial score (nSPS) is 10.9. The van der Waals surface area contributed by atoms with Gasteiger partial charge in [-0.2, -0.15) is 5.10 Å². The number of halogens is 4. The van der Waals surface area contributed by atoms with Crippen molar-refractivity contribution in [1.82, 2.24) is 5.43 Å². The van der Waals surface area contributed by atoms with Crippen LogP contribution < -0.4 is 14.9 Å². The number of hydrazone groups is 1. The van der Waals surface area contributed by atoms with E-state index in [0.717, 1.165) is 25.6 Å². The Hall–Kier alpha value is -2.84. The van der Waals surface area contributed by atoms with Crippen LogP contribution in [-0.2, 0) is 13.2 Å². The molecule has 0 radical (unpaired) electrons. The van der Waals surface area contributed by atoms with E-state index in [9.17, 15) is 4.79 Å². The summed E-state index contributed by atoms with van der Waals surface area (Å²) in [5.74, 6) is 0.679. The number of para-hydroxylation sites is 1. The monoisotopic (exact) mass is 660 g/mol. The van der Waals surface area contributed by atoms with Crippen molar-refractivity contribution in [1.29, 1.82) is 0 Å². The number of hydrogen-bond acceptors (Lipinski definition) is 4. The fourth-order valence-electron chi connectivity index (χ4n) is 3.32. The summed E-state index contributed by atoms with van der Waals surface area (Å²) >= 11 is 19.3. The smallest absolute Gasteiger partial charge is 0.275 e. The Balaban J connectivity index is 1.39. The zero-order valence-corrected chi connectivity index (χ0v) is 23.9. The lowest BCUT2D eigenvalue weighted by Crippen LogP contribution is -2.18. The Labute approximate surface area is 241 Å². The third-order valence-electron chi connectivity index (χ3n) is 5.16. The van der Waals surface area contributed by atoms with Crippen LogP contribution in [0, 0.1) is 0 Å². The Morgan fingerprint density at radius 3 is 2.30 bits per heavy atom. The molecule has 4 aromatic carbocycles. The van der Waals surface area contributed by atoms with Crippen LogP contribution in [0.15, 0.2) is 99.0 Å². The van der Waals surface area contributed by atoms with E-state index >= 15 is 0 Å². The summed E-state index contributed by atoms with van der Waals surface area (Å²) in [4.78, 5) is 12.8. The first-order chi connectivity index (χ1) is 17.9. The van der Waals surface area contributed by atoms with E-state index in [1.807, 2.05) is 42.5 Å². The molecular weight excluding hydrogens is 643 g/mol. The molecule has 1 N–H and O–H groups in total. The highest BCUT2D eigenvalue weighted by atomic mass is 79.9. The third kappa shape index (κ3) is 7.58. The topological polar surface area (TPSA) is 59.9 Å². The van der Waals surface area contributed by atoms with Gasteiger partial charge in [0.25, 0.3) is 5.91 Å². The molecule has 4 rings (SSSR count). The predicted octanol–water partition coefficient (Wildman–Crippen LogP) is 8.44. The van der Waals surface area contributed by atoms with Gasteiger partial charge < -0.3 is 9.47 Å². The number of nitrogens with zero attached hydrogens (tertiary/aromatic N) is 1. The molecular formula is C28H20Br2Cl2N2O3. The standard InChI is InChI=1S/C28H20Br2Cl2N2O3/c29-23-12-19(13-24(30)27(23)37-16-18-6-2-1-3-7-18)15-33-34-28(35)22-8-4-5-9-26(22)36-17-20-10-11-21(31)14-25(20)32/h1-15H,16-17H2,(H,34,35)/b33-15+. The van der Waals surface area contributed by atoms with Crippen LogP contribution in [0.4, 0.5) is 0 Å². The van der Waals surface area contributed by atoms with Gasteiger partial charge in [0.2, 0.25) is 0 Å². The molecule has 0 aliphatic heterocycles. The molecule has 0 saturated heterocycles. The maximum Gasteiger partial charge on any atom is 0.275 e. The predicted molar refractivity (Wildman–Crippen MR) is 155 cm³/mol. The minimum absolute atomic E-state index is 0.185. The van der Waals surface area contributed by atoms with Gasteiger partial charge in [-0.25, -0.2) is 5.43 Å². The van der Waals surface area contributed by atoms with Crippen LogP contribution in [-0.4, -0.2) is 12.1 Å². The zero-order chi connectivity index (χ0) is 26.2.